The molecule has 3 nitrogen and oxygen atoms in total. The molecule has 2 heterocycles. The Bertz CT molecular complexity index is 566. The lowest BCUT2D eigenvalue weighted by atomic mass is 10.3. The maximum absolute atomic E-state index is 12.3. The zero-order valence-electron chi connectivity index (χ0n) is 8.74. The molecule has 1 aliphatic carbocycles. The molecule has 0 saturated heterocycles. The van der Waals surface area contributed by atoms with E-state index in [4.69, 9.17) is 0 Å². The summed E-state index contributed by atoms with van der Waals surface area (Å²) >= 11 is 3.26. The van der Waals surface area contributed by atoms with Crippen LogP contribution >= 0.6 is 15.9 Å². The molecule has 17 heavy (non-hydrogen) atoms. The number of fused-ring (bicyclic) bond motifs is 1. The summed E-state index contributed by atoms with van der Waals surface area (Å²) in [7, 11) is 0. The van der Waals surface area contributed by atoms with Crippen LogP contribution in [0.15, 0.2) is 22.9 Å². The van der Waals surface area contributed by atoms with Gasteiger partial charge in [0.05, 0.1) is 5.69 Å². The summed E-state index contributed by atoms with van der Waals surface area (Å²) in [4.78, 5) is 4.35. The summed E-state index contributed by atoms with van der Waals surface area (Å²) in [6.45, 7) is -2.84. The Morgan fingerprint density at radius 2 is 2.18 bits per heavy atom. The first kappa shape index (κ1) is 11.0. The van der Waals surface area contributed by atoms with Crippen LogP contribution in [-0.2, 0) is 0 Å². The van der Waals surface area contributed by atoms with E-state index in [1.807, 2.05) is 6.20 Å². The highest BCUT2D eigenvalue weighted by molar-refractivity contribution is 9.10. The summed E-state index contributed by atoms with van der Waals surface area (Å²) in [6.07, 6.45) is 5.90. The Balaban J connectivity index is 2.11. The first-order valence-electron chi connectivity index (χ1n) is 5.26. The number of nitrogens with zero attached hydrogens (tertiary/aromatic N) is 2. The topological polar surface area (TPSA) is 26.5 Å². The maximum Gasteiger partial charge on any atom is 0.387 e. The van der Waals surface area contributed by atoms with Crippen LogP contribution in [0.3, 0.4) is 0 Å². The second-order valence-electron chi connectivity index (χ2n) is 4.07. The summed E-state index contributed by atoms with van der Waals surface area (Å²) in [5.41, 5.74) is 1.39. The third-order valence-corrected chi connectivity index (χ3v) is 3.15. The van der Waals surface area contributed by atoms with Gasteiger partial charge in [0.15, 0.2) is 11.4 Å². The van der Waals surface area contributed by atoms with Crippen molar-refractivity contribution in [2.45, 2.75) is 25.4 Å². The largest absolute Gasteiger partial charge is 0.431 e. The standard InChI is InChI=1S/C11H9BrF2N2O/c12-7-3-9(17-11(13)14)10-15-8(6-1-2-6)5-16(10)4-7/h3-6,11H,1-2H2. The predicted octanol–water partition coefficient (Wildman–Crippen LogP) is 3.58. The van der Waals surface area contributed by atoms with E-state index in [-0.39, 0.29) is 5.75 Å². The van der Waals surface area contributed by atoms with Crippen molar-refractivity contribution in [1.29, 1.82) is 0 Å². The van der Waals surface area contributed by atoms with Gasteiger partial charge in [0, 0.05) is 22.8 Å². The number of hydrogen-bond acceptors (Lipinski definition) is 2. The molecular formula is C11H9BrF2N2O. The van der Waals surface area contributed by atoms with Gasteiger partial charge in [0.1, 0.15) is 0 Å². The van der Waals surface area contributed by atoms with Crippen molar-refractivity contribution in [3.8, 4) is 5.75 Å². The minimum atomic E-state index is -2.84. The van der Waals surface area contributed by atoms with Crippen LogP contribution in [0, 0.1) is 0 Å². The Morgan fingerprint density at radius 1 is 1.41 bits per heavy atom. The van der Waals surface area contributed by atoms with Crippen LogP contribution in [0.25, 0.3) is 5.65 Å². The number of hydrogen-bond donors (Lipinski definition) is 0. The van der Waals surface area contributed by atoms with E-state index in [1.54, 1.807) is 10.6 Å². The number of alkyl halides is 2. The van der Waals surface area contributed by atoms with E-state index in [0.717, 1.165) is 18.5 Å². The number of halogens is 3. The van der Waals surface area contributed by atoms with Gasteiger partial charge in [-0.2, -0.15) is 8.78 Å². The van der Waals surface area contributed by atoms with E-state index in [1.165, 1.54) is 6.07 Å². The number of ether oxygens (including phenoxy) is 1. The molecule has 2 aromatic rings. The lowest BCUT2D eigenvalue weighted by Crippen LogP contribution is -2.03. The highest BCUT2D eigenvalue weighted by atomic mass is 79.9. The monoisotopic (exact) mass is 302 g/mol. The highest BCUT2D eigenvalue weighted by Crippen LogP contribution is 2.40. The van der Waals surface area contributed by atoms with Crippen LogP contribution in [0.1, 0.15) is 24.5 Å². The molecule has 0 bridgehead atoms. The van der Waals surface area contributed by atoms with Crippen LogP contribution in [0.5, 0.6) is 5.75 Å². The first-order valence-corrected chi connectivity index (χ1v) is 6.06. The quantitative estimate of drug-likeness (QED) is 0.866. The minimum Gasteiger partial charge on any atom is -0.431 e. The predicted molar refractivity (Wildman–Crippen MR) is 61.5 cm³/mol. The van der Waals surface area contributed by atoms with Gasteiger partial charge in [-0.3, -0.25) is 0 Å². The van der Waals surface area contributed by atoms with Crippen molar-refractivity contribution < 1.29 is 13.5 Å². The third kappa shape index (κ3) is 2.13. The normalized spacial score (nSPS) is 15.8. The molecule has 6 heteroatoms. The van der Waals surface area contributed by atoms with E-state index < -0.39 is 6.61 Å². The minimum absolute atomic E-state index is 0.0984. The van der Waals surface area contributed by atoms with Crippen LogP contribution in [0.2, 0.25) is 0 Å². The zero-order chi connectivity index (χ0) is 12.0. The van der Waals surface area contributed by atoms with Crippen molar-refractivity contribution in [2.75, 3.05) is 0 Å². The van der Waals surface area contributed by atoms with E-state index in [2.05, 4.69) is 25.7 Å². The summed E-state index contributed by atoms with van der Waals surface area (Å²) in [5.74, 6) is 0.578. The number of aromatic nitrogens is 2. The molecule has 1 fully saturated rings. The molecule has 1 aliphatic rings. The molecule has 0 atom stereocenters. The molecule has 0 amide bonds. The maximum atomic E-state index is 12.3. The zero-order valence-corrected chi connectivity index (χ0v) is 10.3. The molecule has 0 N–H and O–H groups in total. The van der Waals surface area contributed by atoms with Crippen molar-refractivity contribution >= 4 is 21.6 Å². The molecule has 3 rings (SSSR count). The van der Waals surface area contributed by atoms with Crippen molar-refractivity contribution in [3.05, 3.63) is 28.6 Å². The summed E-state index contributed by atoms with van der Waals surface area (Å²) < 4.78 is 31.4. The van der Waals surface area contributed by atoms with Crippen LogP contribution in [0.4, 0.5) is 8.78 Å². The fourth-order valence-corrected chi connectivity index (χ4v) is 2.24. The average molecular weight is 303 g/mol. The second kappa shape index (κ2) is 3.94. The first-order chi connectivity index (χ1) is 8.13. The van der Waals surface area contributed by atoms with Gasteiger partial charge in [-0.1, -0.05) is 0 Å². The molecule has 0 unspecified atom stereocenters. The molecule has 90 valence electrons. The van der Waals surface area contributed by atoms with Gasteiger partial charge in [-0.05, 0) is 34.8 Å². The molecule has 0 aliphatic heterocycles. The van der Waals surface area contributed by atoms with Crippen LogP contribution < -0.4 is 4.74 Å². The third-order valence-electron chi connectivity index (χ3n) is 2.71. The van der Waals surface area contributed by atoms with E-state index in [0.29, 0.717) is 16.0 Å². The number of pyridine rings is 1. The van der Waals surface area contributed by atoms with Gasteiger partial charge in [-0.15, -0.1) is 0 Å². The highest BCUT2D eigenvalue weighted by Gasteiger charge is 2.27. The Kier molecular flexibility index (Phi) is 2.54. The van der Waals surface area contributed by atoms with Crippen LogP contribution in [-0.4, -0.2) is 16.0 Å². The summed E-state index contributed by atoms with van der Waals surface area (Å²) in [6, 6.07) is 1.51. The lowest BCUT2D eigenvalue weighted by molar-refractivity contribution is -0.0491. The molecule has 0 aromatic carbocycles. The van der Waals surface area contributed by atoms with Gasteiger partial charge >= 0.3 is 6.61 Å². The van der Waals surface area contributed by atoms with Crippen molar-refractivity contribution in [3.63, 3.8) is 0 Å². The van der Waals surface area contributed by atoms with Gasteiger partial charge in [-0.25, -0.2) is 4.98 Å². The van der Waals surface area contributed by atoms with Gasteiger partial charge in [0.2, 0.25) is 0 Å². The molecule has 2 aromatic heterocycles. The SMILES string of the molecule is FC(F)Oc1cc(Br)cn2cc(C3CC3)nc12. The van der Waals surface area contributed by atoms with Crippen molar-refractivity contribution in [2.24, 2.45) is 0 Å². The molecule has 0 radical (unpaired) electrons. The smallest absolute Gasteiger partial charge is 0.387 e. The van der Waals surface area contributed by atoms with Crippen molar-refractivity contribution in [1.82, 2.24) is 9.38 Å². The molecule has 0 spiro atoms. The number of rotatable bonds is 3. The Morgan fingerprint density at radius 3 is 2.82 bits per heavy atom. The average Bonchev–Trinajstić information content (AvgIpc) is 2.98. The Labute approximate surface area is 105 Å². The Hall–Kier alpha value is -1.17. The fourth-order valence-electron chi connectivity index (χ4n) is 1.81. The lowest BCUT2D eigenvalue weighted by Gasteiger charge is -2.06. The number of imidazole rings is 1. The molecule has 1 saturated carbocycles. The van der Waals surface area contributed by atoms with Gasteiger partial charge in [0.25, 0.3) is 0 Å². The van der Waals surface area contributed by atoms with E-state index >= 15 is 0 Å². The van der Waals surface area contributed by atoms with E-state index in [9.17, 15) is 8.78 Å². The second-order valence-corrected chi connectivity index (χ2v) is 4.99. The van der Waals surface area contributed by atoms with Gasteiger partial charge < -0.3 is 9.14 Å². The molecular weight excluding hydrogens is 294 g/mol. The fraction of sp³-hybridized carbons (Fsp3) is 0.364. The summed E-state index contributed by atoms with van der Waals surface area (Å²) in [5, 5.41) is 0.